The van der Waals surface area contributed by atoms with Crippen LogP contribution in [0.4, 0.5) is 5.82 Å². The Morgan fingerprint density at radius 1 is 1.55 bits per heavy atom. The maximum atomic E-state index is 11.9. The number of rotatable bonds is 5. The lowest BCUT2D eigenvalue weighted by atomic mass is 10.0. The molecule has 0 aromatic carbocycles. The summed E-state index contributed by atoms with van der Waals surface area (Å²) >= 11 is 6.32. The van der Waals surface area contributed by atoms with Gasteiger partial charge in [-0.05, 0) is 39.8 Å². The van der Waals surface area contributed by atoms with Gasteiger partial charge in [-0.25, -0.2) is 9.78 Å². The topological polar surface area (TPSA) is 87.1 Å². The zero-order valence-electron chi connectivity index (χ0n) is 12.8. The van der Waals surface area contributed by atoms with Crippen molar-refractivity contribution in [3.8, 4) is 0 Å². The molecule has 0 radical (unpaired) electrons. The highest BCUT2D eigenvalue weighted by molar-refractivity contribution is 6.37. The SMILES string of the molecule is CCOC(=O)c1cnc(NC2CCNCC2)c(C(C)=N)c1Cl. The Labute approximate surface area is 135 Å². The van der Waals surface area contributed by atoms with Crippen molar-refractivity contribution in [3.05, 3.63) is 22.3 Å². The number of carbonyl (C=O) groups excluding carboxylic acids is 1. The second-order valence-electron chi connectivity index (χ2n) is 5.22. The molecule has 1 aliphatic rings. The van der Waals surface area contributed by atoms with Crippen molar-refractivity contribution in [1.29, 1.82) is 5.41 Å². The van der Waals surface area contributed by atoms with Crippen LogP contribution in [-0.4, -0.2) is 42.4 Å². The lowest BCUT2D eigenvalue weighted by Crippen LogP contribution is -2.36. The van der Waals surface area contributed by atoms with Gasteiger partial charge >= 0.3 is 5.97 Å². The number of aromatic nitrogens is 1. The highest BCUT2D eigenvalue weighted by Gasteiger charge is 2.22. The van der Waals surface area contributed by atoms with E-state index in [1.54, 1.807) is 13.8 Å². The molecule has 3 N–H and O–H groups in total. The summed E-state index contributed by atoms with van der Waals surface area (Å²) in [5, 5.41) is 14.8. The summed E-state index contributed by atoms with van der Waals surface area (Å²) in [5.41, 5.74) is 0.923. The standard InChI is InChI=1S/C15H21ClN4O2/c1-3-22-15(21)11-8-19-14(12(9(2)17)13(11)16)20-10-4-6-18-7-5-10/h8,10,17-18H,3-7H2,1-2H3,(H,19,20). The molecule has 1 fully saturated rings. The van der Waals surface area contributed by atoms with Gasteiger partial charge in [0.15, 0.2) is 0 Å². The highest BCUT2D eigenvalue weighted by atomic mass is 35.5. The van der Waals surface area contributed by atoms with Crippen LogP contribution in [0, 0.1) is 5.41 Å². The van der Waals surface area contributed by atoms with Gasteiger partial charge in [-0.15, -0.1) is 0 Å². The van der Waals surface area contributed by atoms with Crippen molar-refractivity contribution in [2.24, 2.45) is 0 Å². The molecule has 22 heavy (non-hydrogen) atoms. The normalized spacial score (nSPS) is 15.4. The van der Waals surface area contributed by atoms with Crippen LogP contribution in [-0.2, 0) is 4.74 Å². The molecular formula is C15H21ClN4O2. The molecule has 0 aliphatic carbocycles. The lowest BCUT2D eigenvalue weighted by molar-refractivity contribution is 0.0526. The molecule has 2 rings (SSSR count). The molecule has 0 atom stereocenters. The smallest absolute Gasteiger partial charge is 0.341 e. The van der Waals surface area contributed by atoms with Crippen molar-refractivity contribution in [3.63, 3.8) is 0 Å². The molecule has 6 nitrogen and oxygen atoms in total. The first kappa shape index (κ1) is 16.7. The van der Waals surface area contributed by atoms with Crippen LogP contribution in [0.2, 0.25) is 5.02 Å². The van der Waals surface area contributed by atoms with Gasteiger partial charge in [0.1, 0.15) is 5.82 Å². The van der Waals surface area contributed by atoms with E-state index < -0.39 is 5.97 Å². The van der Waals surface area contributed by atoms with Crippen LogP contribution >= 0.6 is 11.6 Å². The summed E-state index contributed by atoms with van der Waals surface area (Å²) in [4.78, 5) is 16.2. The minimum atomic E-state index is -0.518. The Balaban J connectivity index is 2.31. The van der Waals surface area contributed by atoms with Gasteiger partial charge in [0, 0.05) is 18.0 Å². The first-order chi connectivity index (χ1) is 10.5. The van der Waals surface area contributed by atoms with Gasteiger partial charge in [0.2, 0.25) is 0 Å². The minimum Gasteiger partial charge on any atom is -0.462 e. The molecule has 0 bridgehead atoms. The number of esters is 1. The van der Waals surface area contributed by atoms with Crippen LogP contribution in [0.3, 0.4) is 0 Å². The van der Waals surface area contributed by atoms with E-state index in [2.05, 4.69) is 15.6 Å². The Morgan fingerprint density at radius 2 is 2.23 bits per heavy atom. The number of piperidine rings is 1. The summed E-state index contributed by atoms with van der Waals surface area (Å²) in [5.74, 6) is 0.0355. The average molecular weight is 325 g/mol. The quantitative estimate of drug-likeness (QED) is 0.572. The molecule has 1 aromatic heterocycles. The number of halogens is 1. The van der Waals surface area contributed by atoms with E-state index in [4.69, 9.17) is 21.7 Å². The molecule has 120 valence electrons. The third-order valence-electron chi connectivity index (χ3n) is 3.57. The summed E-state index contributed by atoms with van der Waals surface area (Å²) in [7, 11) is 0. The molecule has 0 spiro atoms. The van der Waals surface area contributed by atoms with E-state index in [0.29, 0.717) is 11.4 Å². The Morgan fingerprint density at radius 3 is 2.82 bits per heavy atom. The molecule has 0 amide bonds. The highest BCUT2D eigenvalue weighted by Crippen LogP contribution is 2.28. The summed E-state index contributed by atoms with van der Waals surface area (Å²) in [6, 6.07) is 0.288. The van der Waals surface area contributed by atoms with Gasteiger partial charge in [0.05, 0.1) is 22.8 Å². The van der Waals surface area contributed by atoms with Crippen molar-refractivity contribution in [2.75, 3.05) is 25.0 Å². The molecule has 1 aliphatic heterocycles. The van der Waals surface area contributed by atoms with E-state index in [0.717, 1.165) is 25.9 Å². The van der Waals surface area contributed by atoms with Crippen LogP contribution in [0.25, 0.3) is 0 Å². The number of hydrogen-bond donors (Lipinski definition) is 3. The molecule has 7 heteroatoms. The Hall–Kier alpha value is -1.66. The van der Waals surface area contributed by atoms with Crippen LogP contribution in [0.5, 0.6) is 0 Å². The van der Waals surface area contributed by atoms with Crippen molar-refractivity contribution in [2.45, 2.75) is 32.7 Å². The average Bonchev–Trinajstić information content (AvgIpc) is 2.48. The van der Waals surface area contributed by atoms with E-state index in [1.807, 2.05) is 0 Å². The van der Waals surface area contributed by atoms with E-state index in [9.17, 15) is 4.79 Å². The zero-order chi connectivity index (χ0) is 16.1. The molecule has 0 unspecified atom stereocenters. The van der Waals surface area contributed by atoms with Gasteiger partial charge in [-0.2, -0.15) is 0 Å². The van der Waals surface area contributed by atoms with Gasteiger partial charge in [0.25, 0.3) is 0 Å². The van der Waals surface area contributed by atoms with Crippen LogP contribution in [0.1, 0.15) is 42.6 Å². The van der Waals surface area contributed by atoms with Gasteiger partial charge in [-0.3, -0.25) is 0 Å². The number of anilines is 1. The number of ether oxygens (including phenoxy) is 1. The molecule has 2 heterocycles. The monoisotopic (exact) mass is 324 g/mol. The fraction of sp³-hybridized carbons (Fsp3) is 0.533. The second-order valence-corrected chi connectivity index (χ2v) is 5.60. The maximum Gasteiger partial charge on any atom is 0.341 e. The van der Waals surface area contributed by atoms with Crippen LogP contribution in [0.15, 0.2) is 6.20 Å². The largest absolute Gasteiger partial charge is 0.462 e. The second kappa shape index (κ2) is 7.56. The fourth-order valence-electron chi connectivity index (χ4n) is 2.45. The fourth-order valence-corrected chi connectivity index (χ4v) is 2.81. The van der Waals surface area contributed by atoms with Gasteiger partial charge < -0.3 is 20.8 Å². The van der Waals surface area contributed by atoms with Gasteiger partial charge in [-0.1, -0.05) is 11.6 Å². The van der Waals surface area contributed by atoms with Crippen molar-refractivity contribution < 1.29 is 9.53 Å². The molecule has 1 aromatic rings. The first-order valence-corrected chi connectivity index (χ1v) is 7.80. The van der Waals surface area contributed by atoms with Crippen molar-refractivity contribution >= 4 is 29.1 Å². The maximum absolute atomic E-state index is 11.9. The summed E-state index contributed by atoms with van der Waals surface area (Å²) in [6.07, 6.45) is 3.38. The van der Waals surface area contributed by atoms with E-state index in [1.165, 1.54) is 6.20 Å². The lowest BCUT2D eigenvalue weighted by Gasteiger charge is -2.25. The number of hydrogen-bond acceptors (Lipinski definition) is 6. The van der Waals surface area contributed by atoms with Crippen molar-refractivity contribution in [1.82, 2.24) is 10.3 Å². The van der Waals surface area contributed by atoms with E-state index >= 15 is 0 Å². The molecule has 0 saturated carbocycles. The predicted octanol–water partition coefficient (Wildman–Crippen LogP) is 2.46. The Bertz CT molecular complexity index is 571. The minimum absolute atomic E-state index is 0.195. The van der Waals surface area contributed by atoms with E-state index in [-0.39, 0.29) is 28.9 Å². The first-order valence-electron chi connectivity index (χ1n) is 7.43. The number of nitrogens with one attached hydrogen (secondary N) is 3. The number of nitrogens with zero attached hydrogens (tertiary/aromatic N) is 1. The zero-order valence-corrected chi connectivity index (χ0v) is 13.6. The Kier molecular flexibility index (Phi) is 5.74. The predicted molar refractivity (Wildman–Crippen MR) is 87.2 cm³/mol. The summed E-state index contributed by atoms with van der Waals surface area (Å²) < 4.78 is 4.97. The third-order valence-corrected chi connectivity index (χ3v) is 3.96. The molecule has 1 saturated heterocycles. The molecular weight excluding hydrogens is 304 g/mol. The number of pyridine rings is 1. The summed E-state index contributed by atoms with van der Waals surface area (Å²) in [6.45, 7) is 5.53. The number of carbonyl (C=O) groups is 1. The third kappa shape index (κ3) is 3.75. The van der Waals surface area contributed by atoms with Crippen LogP contribution < -0.4 is 10.6 Å².